The largest absolute Gasteiger partial charge is 0.392 e. The van der Waals surface area contributed by atoms with E-state index < -0.39 is 0 Å². The second kappa shape index (κ2) is 4.18. The molecule has 2 saturated carbocycles. The molecule has 1 N–H and O–H groups in total. The lowest BCUT2D eigenvalue weighted by Crippen LogP contribution is -2.50. The summed E-state index contributed by atoms with van der Waals surface area (Å²) in [6.07, 6.45) is 6.21. The maximum atomic E-state index is 10.6. The van der Waals surface area contributed by atoms with Crippen molar-refractivity contribution in [1.82, 2.24) is 0 Å². The van der Waals surface area contributed by atoms with Crippen LogP contribution in [0.15, 0.2) is 12.2 Å². The first-order valence-corrected chi connectivity index (χ1v) is 6.79. The van der Waals surface area contributed by atoms with E-state index in [1.165, 1.54) is 31.3 Å². The third kappa shape index (κ3) is 1.84. The number of aliphatic hydroxyl groups excluding tert-OH is 1. The maximum absolute atomic E-state index is 10.6. The van der Waals surface area contributed by atoms with Crippen LogP contribution in [0.5, 0.6) is 0 Å². The van der Waals surface area contributed by atoms with Gasteiger partial charge in [0, 0.05) is 5.92 Å². The summed E-state index contributed by atoms with van der Waals surface area (Å²) in [5.74, 6) is 1.52. The van der Waals surface area contributed by atoms with Crippen LogP contribution in [0.4, 0.5) is 0 Å². The molecule has 0 aromatic heterocycles. The Morgan fingerprint density at radius 1 is 1.31 bits per heavy atom. The monoisotopic (exact) mass is 222 g/mol. The lowest BCUT2D eigenvalue weighted by Gasteiger charge is -2.53. The zero-order chi connectivity index (χ0) is 11.9. The Hall–Kier alpha value is -0.300. The van der Waals surface area contributed by atoms with Gasteiger partial charge in [-0.05, 0) is 43.4 Å². The predicted octanol–water partition coefficient (Wildman–Crippen LogP) is 3.78. The molecule has 0 spiro atoms. The van der Waals surface area contributed by atoms with Gasteiger partial charge in [-0.2, -0.15) is 0 Å². The molecule has 0 aromatic rings. The standard InChI is InChI=1S/C15H26O/c1-10(2)12-7-9-15(4)8-5-6-11(3)13(15)14(12)16/h11-14,16H,1,5-9H2,2-4H3. The molecule has 1 heteroatoms. The van der Waals surface area contributed by atoms with E-state index in [1.54, 1.807) is 0 Å². The minimum Gasteiger partial charge on any atom is -0.392 e. The van der Waals surface area contributed by atoms with Gasteiger partial charge in [0.25, 0.3) is 0 Å². The molecule has 0 radical (unpaired) electrons. The Bertz CT molecular complexity index is 283. The van der Waals surface area contributed by atoms with E-state index in [0.717, 1.165) is 6.42 Å². The molecular weight excluding hydrogens is 196 g/mol. The average Bonchev–Trinajstić information content (AvgIpc) is 2.16. The van der Waals surface area contributed by atoms with Crippen LogP contribution < -0.4 is 0 Å². The van der Waals surface area contributed by atoms with Gasteiger partial charge in [0.15, 0.2) is 0 Å². The van der Waals surface area contributed by atoms with Crippen molar-refractivity contribution in [3.05, 3.63) is 12.2 Å². The van der Waals surface area contributed by atoms with Crippen LogP contribution in [0.3, 0.4) is 0 Å². The van der Waals surface area contributed by atoms with Gasteiger partial charge in [0.05, 0.1) is 6.10 Å². The zero-order valence-electron chi connectivity index (χ0n) is 11.0. The molecule has 16 heavy (non-hydrogen) atoms. The first-order valence-electron chi connectivity index (χ1n) is 6.79. The van der Waals surface area contributed by atoms with E-state index in [-0.39, 0.29) is 6.10 Å². The molecule has 0 aromatic carbocycles. The summed E-state index contributed by atoms with van der Waals surface area (Å²) >= 11 is 0. The second-order valence-electron chi connectivity index (χ2n) is 6.53. The van der Waals surface area contributed by atoms with Gasteiger partial charge >= 0.3 is 0 Å². The normalized spacial score (nSPS) is 48.5. The fourth-order valence-electron chi connectivity index (χ4n) is 4.35. The smallest absolute Gasteiger partial charge is 0.0641 e. The van der Waals surface area contributed by atoms with E-state index in [2.05, 4.69) is 27.4 Å². The van der Waals surface area contributed by atoms with Crippen molar-refractivity contribution in [2.45, 2.75) is 59.0 Å². The third-order valence-electron chi connectivity index (χ3n) is 5.26. The Morgan fingerprint density at radius 2 is 2.00 bits per heavy atom. The third-order valence-corrected chi connectivity index (χ3v) is 5.26. The fourth-order valence-corrected chi connectivity index (χ4v) is 4.35. The number of hydrogen-bond acceptors (Lipinski definition) is 1. The highest BCUT2D eigenvalue weighted by molar-refractivity contribution is 5.08. The lowest BCUT2D eigenvalue weighted by molar-refractivity contribution is -0.0934. The van der Waals surface area contributed by atoms with E-state index in [1.807, 2.05) is 0 Å². The van der Waals surface area contributed by atoms with Gasteiger partial charge in [0.1, 0.15) is 0 Å². The van der Waals surface area contributed by atoms with E-state index in [4.69, 9.17) is 0 Å². The topological polar surface area (TPSA) is 20.2 Å². The van der Waals surface area contributed by atoms with Crippen molar-refractivity contribution in [1.29, 1.82) is 0 Å². The lowest BCUT2D eigenvalue weighted by atomic mass is 9.53. The van der Waals surface area contributed by atoms with Gasteiger partial charge in [-0.1, -0.05) is 38.8 Å². The highest BCUT2D eigenvalue weighted by Gasteiger charge is 2.49. The van der Waals surface area contributed by atoms with Gasteiger partial charge in [-0.3, -0.25) is 0 Å². The highest BCUT2D eigenvalue weighted by atomic mass is 16.3. The van der Waals surface area contributed by atoms with Crippen LogP contribution in [0.25, 0.3) is 0 Å². The Balaban J connectivity index is 2.23. The van der Waals surface area contributed by atoms with Crippen LogP contribution in [0.1, 0.15) is 52.9 Å². The summed E-state index contributed by atoms with van der Waals surface area (Å²) in [7, 11) is 0. The molecule has 92 valence electrons. The zero-order valence-corrected chi connectivity index (χ0v) is 11.0. The van der Waals surface area contributed by atoms with E-state index in [9.17, 15) is 5.11 Å². The molecule has 2 aliphatic carbocycles. The van der Waals surface area contributed by atoms with Gasteiger partial charge in [0.2, 0.25) is 0 Å². The van der Waals surface area contributed by atoms with Crippen molar-refractivity contribution >= 4 is 0 Å². The molecule has 2 fully saturated rings. The van der Waals surface area contributed by atoms with Gasteiger partial charge < -0.3 is 5.11 Å². The molecule has 0 saturated heterocycles. The second-order valence-corrected chi connectivity index (χ2v) is 6.53. The molecule has 1 nitrogen and oxygen atoms in total. The number of fused-ring (bicyclic) bond motifs is 1. The molecule has 0 amide bonds. The van der Waals surface area contributed by atoms with E-state index >= 15 is 0 Å². The summed E-state index contributed by atoms with van der Waals surface area (Å²) in [6.45, 7) is 10.8. The maximum Gasteiger partial charge on any atom is 0.0641 e. The Labute approximate surface area is 99.9 Å². The Morgan fingerprint density at radius 3 is 2.62 bits per heavy atom. The molecule has 0 bridgehead atoms. The van der Waals surface area contributed by atoms with Gasteiger partial charge in [-0.15, -0.1) is 0 Å². The summed E-state index contributed by atoms with van der Waals surface area (Å²) in [5, 5.41) is 10.6. The summed E-state index contributed by atoms with van der Waals surface area (Å²) in [6, 6.07) is 0. The highest BCUT2D eigenvalue weighted by Crippen LogP contribution is 2.54. The van der Waals surface area contributed by atoms with Crippen molar-refractivity contribution in [2.24, 2.45) is 23.2 Å². The first-order chi connectivity index (χ1) is 7.46. The van der Waals surface area contributed by atoms with Crippen LogP contribution in [0.2, 0.25) is 0 Å². The molecule has 2 rings (SSSR count). The molecule has 0 aliphatic heterocycles. The van der Waals surface area contributed by atoms with Crippen molar-refractivity contribution in [3.8, 4) is 0 Å². The number of rotatable bonds is 1. The SMILES string of the molecule is C=C(C)C1CCC2(C)CCCC(C)C2C1O. The average molecular weight is 222 g/mol. The van der Waals surface area contributed by atoms with Crippen molar-refractivity contribution in [2.75, 3.05) is 0 Å². The number of hydrogen-bond donors (Lipinski definition) is 1. The van der Waals surface area contributed by atoms with Crippen LogP contribution in [-0.2, 0) is 0 Å². The summed E-state index contributed by atoms with van der Waals surface area (Å²) in [4.78, 5) is 0. The van der Waals surface area contributed by atoms with Crippen molar-refractivity contribution in [3.63, 3.8) is 0 Å². The summed E-state index contributed by atoms with van der Waals surface area (Å²) < 4.78 is 0. The summed E-state index contributed by atoms with van der Waals surface area (Å²) in [5.41, 5.74) is 1.57. The molecule has 2 aliphatic rings. The minimum absolute atomic E-state index is 0.147. The molecular formula is C15H26O. The van der Waals surface area contributed by atoms with Gasteiger partial charge in [-0.25, -0.2) is 0 Å². The Kier molecular flexibility index (Phi) is 3.18. The van der Waals surface area contributed by atoms with E-state index in [0.29, 0.717) is 23.2 Å². The van der Waals surface area contributed by atoms with Crippen molar-refractivity contribution < 1.29 is 5.11 Å². The quantitative estimate of drug-likeness (QED) is 0.669. The molecule has 5 atom stereocenters. The fraction of sp³-hybridized carbons (Fsp3) is 0.867. The van der Waals surface area contributed by atoms with Crippen LogP contribution >= 0.6 is 0 Å². The van der Waals surface area contributed by atoms with Crippen LogP contribution in [-0.4, -0.2) is 11.2 Å². The first kappa shape index (κ1) is 12.2. The molecule has 5 unspecified atom stereocenters. The minimum atomic E-state index is -0.147. The molecule has 0 heterocycles. The van der Waals surface area contributed by atoms with Crippen LogP contribution in [0, 0.1) is 23.2 Å². The predicted molar refractivity (Wildman–Crippen MR) is 68.2 cm³/mol. The number of aliphatic hydroxyl groups is 1.